The van der Waals surface area contributed by atoms with Crippen LogP contribution in [-0.2, 0) is 20.3 Å². The molecule has 28 heavy (non-hydrogen) atoms. The molecule has 0 radical (unpaired) electrons. The molecule has 4 rings (SSSR count). The maximum Gasteiger partial charge on any atom is 0.417 e. The summed E-state index contributed by atoms with van der Waals surface area (Å²) in [6.07, 6.45) is 0.938. The number of nitrogens with zero attached hydrogens (tertiary/aromatic N) is 6. The Hall–Kier alpha value is -3.56. The number of hydrogen-bond acceptors (Lipinski definition) is 5. The van der Waals surface area contributed by atoms with Crippen LogP contribution in [0.1, 0.15) is 5.56 Å². The van der Waals surface area contributed by atoms with E-state index in [1.165, 1.54) is 23.0 Å². The van der Waals surface area contributed by atoms with Crippen LogP contribution < -0.4 is 5.56 Å². The molecule has 0 fully saturated rings. The van der Waals surface area contributed by atoms with E-state index in [2.05, 4.69) is 20.1 Å². The molecule has 4 aromatic heterocycles. The van der Waals surface area contributed by atoms with Gasteiger partial charge in [-0.1, -0.05) is 0 Å². The third-order valence-corrected chi connectivity index (χ3v) is 4.24. The van der Waals surface area contributed by atoms with Crippen molar-refractivity contribution in [2.75, 3.05) is 0 Å². The zero-order valence-electron chi connectivity index (χ0n) is 14.8. The topological polar surface area (TPSA) is 78.5 Å². The first-order chi connectivity index (χ1) is 13.2. The van der Waals surface area contributed by atoms with Crippen LogP contribution in [0, 0.1) is 0 Å². The van der Waals surface area contributed by atoms with E-state index in [1.54, 1.807) is 31.2 Å². The molecule has 0 atom stereocenters. The number of aromatic nitrogens is 6. The van der Waals surface area contributed by atoms with Gasteiger partial charge in [0.1, 0.15) is 11.2 Å². The third-order valence-electron chi connectivity index (χ3n) is 4.24. The molecule has 0 saturated heterocycles. The van der Waals surface area contributed by atoms with E-state index < -0.39 is 11.7 Å². The van der Waals surface area contributed by atoms with Gasteiger partial charge in [-0.25, -0.2) is 9.97 Å². The number of fused-ring (bicyclic) bond motifs is 1. The maximum absolute atomic E-state index is 12.8. The molecule has 0 aliphatic rings. The van der Waals surface area contributed by atoms with Crippen molar-refractivity contribution in [3.05, 3.63) is 59.0 Å². The second kappa shape index (κ2) is 6.25. The molecule has 0 N–H and O–H groups in total. The highest BCUT2D eigenvalue weighted by atomic mass is 19.4. The van der Waals surface area contributed by atoms with E-state index in [4.69, 9.17) is 0 Å². The summed E-state index contributed by atoms with van der Waals surface area (Å²) < 4.78 is 41.3. The van der Waals surface area contributed by atoms with Gasteiger partial charge in [-0.2, -0.15) is 18.3 Å². The number of pyridine rings is 2. The minimum absolute atomic E-state index is 0.214. The highest BCUT2D eigenvalue weighted by Crippen LogP contribution is 2.31. The lowest BCUT2D eigenvalue weighted by molar-refractivity contribution is -0.137. The van der Waals surface area contributed by atoms with Crippen molar-refractivity contribution < 1.29 is 13.2 Å². The molecule has 4 aromatic rings. The molecular weight excluding hydrogens is 373 g/mol. The Morgan fingerprint density at radius 1 is 1.04 bits per heavy atom. The summed E-state index contributed by atoms with van der Waals surface area (Å²) in [6, 6.07) is 3.64. The van der Waals surface area contributed by atoms with Crippen LogP contribution in [0.15, 0.2) is 47.9 Å². The van der Waals surface area contributed by atoms with Gasteiger partial charge >= 0.3 is 6.18 Å². The second-order valence-electron chi connectivity index (χ2n) is 6.25. The van der Waals surface area contributed by atoms with E-state index in [0.29, 0.717) is 16.8 Å². The van der Waals surface area contributed by atoms with Gasteiger partial charge in [-0.05, 0) is 18.2 Å². The van der Waals surface area contributed by atoms with Gasteiger partial charge in [0.2, 0.25) is 0 Å². The molecule has 0 unspecified atom stereocenters. The quantitative estimate of drug-likeness (QED) is 0.529. The van der Waals surface area contributed by atoms with E-state index in [9.17, 15) is 18.0 Å². The number of rotatable bonds is 2. The van der Waals surface area contributed by atoms with E-state index in [1.807, 2.05) is 0 Å². The largest absolute Gasteiger partial charge is 0.417 e. The molecule has 4 heterocycles. The lowest BCUT2D eigenvalue weighted by Crippen LogP contribution is -2.17. The SMILES string of the molecule is Cn1cc(-c2nc(-c3ccc(C(F)(F)F)cn3)cc3c(=O)n(C)cnc23)cn1. The lowest BCUT2D eigenvalue weighted by Gasteiger charge is -2.10. The fraction of sp³-hybridized carbons (Fsp3) is 0.167. The molecule has 0 saturated carbocycles. The Balaban J connectivity index is 1.97. The van der Waals surface area contributed by atoms with Crippen LogP contribution in [0.25, 0.3) is 33.5 Å². The first-order valence-electron chi connectivity index (χ1n) is 8.13. The highest BCUT2D eigenvalue weighted by Gasteiger charge is 2.30. The predicted molar refractivity (Wildman–Crippen MR) is 95.2 cm³/mol. The summed E-state index contributed by atoms with van der Waals surface area (Å²) in [5, 5.41) is 4.39. The Labute approximate surface area is 156 Å². The number of aryl methyl sites for hydroxylation is 2. The van der Waals surface area contributed by atoms with Crippen molar-refractivity contribution in [2.45, 2.75) is 6.18 Å². The van der Waals surface area contributed by atoms with Crippen molar-refractivity contribution in [1.29, 1.82) is 0 Å². The molecule has 0 spiro atoms. The molecule has 0 aliphatic heterocycles. The standard InChI is InChI=1S/C18H13F3N6O/c1-26-9-23-16-12(17(26)28)5-14(25-15(16)10-6-24-27(2)8-10)13-4-3-11(7-22-13)18(19,20)21/h3-9H,1-2H3. The third kappa shape index (κ3) is 3.02. The van der Waals surface area contributed by atoms with Crippen LogP contribution in [0.5, 0.6) is 0 Å². The van der Waals surface area contributed by atoms with E-state index >= 15 is 0 Å². The van der Waals surface area contributed by atoms with E-state index in [0.717, 1.165) is 12.3 Å². The Morgan fingerprint density at radius 2 is 1.82 bits per heavy atom. The summed E-state index contributed by atoms with van der Waals surface area (Å²) in [7, 11) is 3.30. The summed E-state index contributed by atoms with van der Waals surface area (Å²) in [6.45, 7) is 0. The molecule has 0 bridgehead atoms. The predicted octanol–water partition coefficient (Wildman–Crippen LogP) is 2.81. The Bertz CT molecular complexity index is 1240. The zero-order chi connectivity index (χ0) is 20.1. The minimum atomic E-state index is -4.48. The minimum Gasteiger partial charge on any atom is -0.302 e. The number of alkyl halides is 3. The summed E-state index contributed by atoms with van der Waals surface area (Å²) in [5.41, 5.74) is 0.734. The number of hydrogen-bond donors (Lipinski definition) is 0. The fourth-order valence-corrected chi connectivity index (χ4v) is 2.81. The van der Waals surface area contributed by atoms with E-state index in [-0.39, 0.29) is 22.3 Å². The second-order valence-corrected chi connectivity index (χ2v) is 6.25. The summed E-state index contributed by atoms with van der Waals surface area (Å²) in [5.74, 6) is 0. The Kier molecular flexibility index (Phi) is 3.98. The van der Waals surface area contributed by atoms with Crippen molar-refractivity contribution in [3.63, 3.8) is 0 Å². The average molecular weight is 386 g/mol. The first-order valence-corrected chi connectivity index (χ1v) is 8.13. The molecule has 0 aliphatic carbocycles. The van der Waals surface area contributed by atoms with Crippen LogP contribution in [0.4, 0.5) is 13.2 Å². The smallest absolute Gasteiger partial charge is 0.302 e. The summed E-state index contributed by atoms with van der Waals surface area (Å²) in [4.78, 5) is 25.3. The van der Waals surface area contributed by atoms with Gasteiger partial charge < -0.3 is 4.57 Å². The van der Waals surface area contributed by atoms with Gasteiger partial charge in [0, 0.05) is 32.1 Å². The zero-order valence-corrected chi connectivity index (χ0v) is 14.8. The normalized spacial score (nSPS) is 11.9. The first kappa shape index (κ1) is 17.8. The number of halogens is 3. The Morgan fingerprint density at radius 3 is 2.43 bits per heavy atom. The van der Waals surface area contributed by atoms with Crippen LogP contribution >= 0.6 is 0 Å². The average Bonchev–Trinajstić information content (AvgIpc) is 3.10. The van der Waals surface area contributed by atoms with Crippen molar-refractivity contribution >= 4 is 10.9 Å². The molecule has 0 amide bonds. The summed E-state index contributed by atoms with van der Waals surface area (Å²) >= 11 is 0. The fourth-order valence-electron chi connectivity index (χ4n) is 2.81. The van der Waals surface area contributed by atoms with Crippen molar-refractivity contribution in [1.82, 2.24) is 29.3 Å². The maximum atomic E-state index is 12.8. The highest BCUT2D eigenvalue weighted by molar-refractivity contribution is 5.93. The van der Waals surface area contributed by atoms with Gasteiger partial charge in [0.25, 0.3) is 5.56 Å². The van der Waals surface area contributed by atoms with Crippen LogP contribution in [0.2, 0.25) is 0 Å². The molecule has 142 valence electrons. The van der Waals surface area contributed by atoms with Crippen LogP contribution in [-0.4, -0.2) is 29.3 Å². The van der Waals surface area contributed by atoms with Crippen molar-refractivity contribution in [2.24, 2.45) is 14.1 Å². The molecule has 7 nitrogen and oxygen atoms in total. The van der Waals surface area contributed by atoms with Gasteiger partial charge in [0.05, 0.1) is 34.9 Å². The van der Waals surface area contributed by atoms with Gasteiger partial charge in [-0.15, -0.1) is 0 Å². The monoisotopic (exact) mass is 386 g/mol. The molecule has 0 aromatic carbocycles. The van der Waals surface area contributed by atoms with Crippen LogP contribution in [0.3, 0.4) is 0 Å². The lowest BCUT2D eigenvalue weighted by atomic mass is 10.1. The molecule has 10 heteroatoms. The van der Waals surface area contributed by atoms with Gasteiger partial charge in [-0.3, -0.25) is 14.5 Å². The van der Waals surface area contributed by atoms with Gasteiger partial charge in [0.15, 0.2) is 0 Å². The van der Waals surface area contributed by atoms with Crippen molar-refractivity contribution in [3.8, 4) is 22.6 Å². The molecular formula is C18H13F3N6O.